The minimum Gasteiger partial charge on any atom is -0.480 e. The van der Waals surface area contributed by atoms with Crippen LogP contribution in [0.5, 0.6) is 0 Å². The molecule has 2 N–H and O–H groups in total. The summed E-state index contributed by atoms with van der Waals surface area (Å²) >= 11 is 6.36. The maximum Gasteiger partial charge on any atom is 0.324 e. The molecule has 0 saturated carbocycles. The summed E-state index contributed by atoms with van der Waals surface area (Å²) in [6.45, 7) is 3.16. The minimum atomic E-state index is -3.95. The molecule has 0 aliphatic heterocycles. The van der Waals surface area contributed by atoms with Gasteiger partial charge in [0.2, 0.25) is 10.0 Å². The summed E-state index contributed by atoms with van der Waals surface area (Å²) in [6, 6.07) is 4.68. The van der Waals surface area contributed by atoms with E-state index in [1.807, 2.05) is 0 Å². The number of rotatable bonds is 6. The van der Waals surface area contributed by atoms with Gasteiger partial charge in [-0.3, -0.25) is 4.79 Å². The molecule has 0 aromatic heterocycles. The summed E-state index contributed by atoms with van der Waals surface area (Å²) in [4.78, 5) is 11.3. The topological polar surface area (TPSA) is 83.5 Å². The highest BCUT2D eigenvalue weighted by Crippen LogP contribution is 2.27. The van der Waals surface area contributed by atoms with Crippen LogP contribution < -0.4 is 4.72 Å². The van der Waals surface area contributed by atoms with Crippen LogP contribution in [0, 0.1) is 0 Å². The molecule has 0 bridgehead atoms. The second kappa shape index (κ2) is 6.55. The maximum absolute atomic E-state index is 12.4. The normalized spacial score (nSPS) is 14.8. The first-order valence-electron chi connectivity index (χ1n) is 5.85. The van der Waals surface area contributed by atoms with Crippen molar-refractivity contribution in [2.45, 2.75) is 37.1 Å². The molecule has 1 unspecified atom stereocenters. The molecular formula is C12H15Br2NO4S. The lowest BCUT2D eigenvalue weighted by atomic mass is 9.98. The molecule has 1 atom stereocenters. The van der Waals surface area contributed by atoms with Gasteiger partial charge in [0.05, 0.1) is 4.90 Å². The number of carboxylic acid groups (broad SMARTS) is 1. The van der Waals surface area contributed by atoms with Crippen molar-refractivity contribution in [2.75, 3.05) is 0 Å². The molecular weight excluding hydrogens is 414 g/mol. The van der Waals surface area contributed by atoms with E-state index in [1.165, 1.54) is 13.0 Å². The van der Waals surface area contributed by atoms with E-state index < -0.39 is 21.5 Å². The van der Waals surface area contributed by atoms with Crippen LogP contribution in [-0.2, 0) is 14.8 Å². The number of hydrogen-bond acceptors (Lipinski definition) is 3. The first-order valence-corrected chi connectivity index (χ1v) is 8.92. The molecule has 0 fully saturated rings. The number of carboxylic acids is 1. The van der Waals surface area contributed by atoms with Crippen LogP contribution in [0.25, 0.3) is 0 Å². The third-order valence-corrected chi connectivity index (χ3v) is 5.85. The first-order chi connectivity index (χ1) is 9.12. The summed E-state index contributed by atoms with van der Waals surface area (Å²) in [7, 11) is -3.95. The maximum atomic E-state index is 12.4. The Labute approximate surface area is 135 Å². The van der Waals surface area contributed by atoms with Crippen molar-refractivity contribution in [3.63, 3.8) is 0 Å². The lowest BCUT2D eigenvalue weighted by Gasteiger charge is -2.25. The van der Waals surface area contributed by atoms with Gasteiger partial charge < -0.3 is 5.11 Å². The highest BCUT2D eigenvalue weighted by atomic mass is 79.9. The quantitative estimate of drug-likeness (QED) is 0.728. The van der Waals surface area contributed by atoms with Gasteiger partial charge >= 0.3 is 5.97 Å². The molecule has 5 nitrogen and oxygen atoms in total. The molecule has 0 saturated heterocycles. The van der Waals surface area contributed by atoms with Crippen LogP contribution in [0.4, 0.5) is 0 Å². The molecule has 112 valence electrons. The molecule has 0 aliphatic rings. The van der Waals surface area contributed by atoms with Crippen molar-refractivity contribution >= 4 is 47.9 Å². The van der Waals surface area contributed by atoms with Crippen molar-refractivity contribution in [1.29, 1.82) is 0 Å². The predicted molar refractivity (Wildman–Crippen MR) is 83.1 cm³/mol. The monoisotopic (exact) mass is 427 g/mol. The van der Waals surface area contributed by atoms with Crippen molar-refractivity contribution < 1.29 is 18.3 Å². The number of nitrogens with one attached hydrogen (secondary N) is 1. The second-order valence-electron chi connectivity index (χ2n) is 4.57. The van der Waals surface area contributed by atoms with Crippen molar-refractivity contribution in [1.82, 2.24) is 4.72 Å². The van der Waals surface area contributed by atoms with Crippen LogP contribution in [-0.4, -0.2) is 25.0 Å². The van der Waals surface area contributed by atoms with Crippen LogP contribution in [0.15, 0.2) is 32.0 Å². The van der Waals surface area contributed by atoms with E-state index in [4.69, 9.17) is 0 Å². The van der Waals surface area contributed by atoms with Crippen LogP contribution in [0.2, 0.25) is 0 Å². The summed E-state index contributed by atoms with van der Waals surface area (Å²) in [5.74, 6) is -1.20. The largest absolute Gasteiger partial charge is 0.480 e. The van der Waals surface area contributed by atoms with E-state index >= 15 is 0 Å². The van der Waals surface area contributed by atoms with Crippen molar-refractivity contribution in [3.05, 3.63) is 27.1 Å². The van der Waals surface area contributed by atoms with Crippen molar-refractivity contribution in [2.24, 2.45) is 0 Å². The lowest BCUT2D eigenvalue weighted by Crippen LogP contribution is -2.51. The predicted octanol–water partition coefficient (Wildman–Crippen LogP) is 3.13. The number of aliphatic carboxylic acids is 1. The van der Waals surface area contributed by atoms with E-state index in [1.54, 1.807) is 19.1 Å². The van der Waals surface area contributed by atoms with Gasteiger partial charge in [0.25, 0.3) is 0 Å². The smallest absolute Gasteiger partial charge is 0.324 e. The van der Waals surface area contributed by atoms with Gasteiger partial charge in [-0.15, -0.1) is 0 Å². The molecule has 20 heavy (non-hydrogen) atoms. The Morgan fingerprint density at radius 3 is 2.50 bits per heavy atom. The number of sulfonamides is 1. The Balaban J connectivity index is 3.23. The third-order valence-electron chi connectivity index (χ3n) is 2.76. The Hall–Kier alpha value is -0.440. The Morgan fingerprint density at radius 2 is 2.00 bits per heavy atom. The zero-order valence-corrected chi connectivity index (χ0v) is 15.0. The van der Waals surface area contributed by atoms with Gasteiger partial charge in [-0.2, -0.15) is 4.72 Å². The van der Waals surface area contributed by atoms with Gasteiger partial charge in [-0.05, 0) is 47.5 Å². The van der Waals surface area contributed by atoms with Gasteiger partial charge in [-0.1, -0.05) is 29.3 Å². The van der Waals surface area contributed by atoms with E-state index in [0.29, 0.717) is 15.4 Å². The first kappa shape index (κ1) is 17.6. The zero-order chi connectivity index (χ0) is 15.6. The molecule has 0 heterocycles. The average Bonchev–Trinajstić information content (AvgIpc) is 2.31. The highest BCUT2D eigenvalue weighted by molar-refractivity contribution is 9.11. The molecule has 8 heteroatoms. The SMILES string of the molecule is CCCC(C)(NS(=O)(=O)c1cc(Br)ccc1Br)C(=O)O. The fraction of sp³-hybridized carbons (Fsp3) is 0.417. The Bertz CT molecular complexity index is 618. The molecule has 0 spiro atoms. The van der Waals surface area contributed by atoms with E-state index in [-0.39, 0.29) is 11.3 Å². The number of halogens is 2. The molecule has 0 amide bonds. The van der Waals surface area contributed by atoms with Gasteiger partial charge in [0.1, 0.15) is 5.54 Å². The van der Waals surface area contributed by atoms with Gasteiger partial charge in [-0.25, -0.2) is 8.42 Å². The Morgan fingerprint density at radius 1 is 1.40 bits per heavy atom. The Kier molecular flexibility index (Phi) is 5.77. The fourth-order valence-corrected chi connectivity index (χ4v) is 4.63. The standard InChI is InChI=1S/C12H15Br2NO4S/c1-3-6-12(2,11(16)17)15-20(18,19)10-7-8(13)4-5-9(10)14/h4-5,7,15H,3,6H2,1-2H3,(H,16,17). The number of hydrogen-bond donors (Lipinski definition) is 2. The number of benzene rings is 1. The van der Waals surface area contributed by atoms with Crippen LogP contribution >= 0.6 is 31.9 Å². The van der Waals surface area contributed by atoms with Crippen LogP contribution in [0.1, 0.15) is 26.7 Å². The van der Waals surface area contributed by atoms with Gasteiger partial charge in [0, 0.05) is 8.95 Å². The summed E-state index contributed by atoms with van der Waals surface area (Å²) in [6.07, 6.45) is 0.748. The summed E-state index contributed by atoms with van der Waals surface area (Å²) in [5.41, 5.74) is -1.53. The lowest BCUT2D eigenvalue weighted by molar-refractivity contribution is -0.143. The zero-order valence-electron chi connectivity index (χ0n) is 11.0. The van der Waals surface area contributed by atoms with Gasteiger partial charge in [0.15, 0.2) is 0 Å². The molecule has 1 aromatic rings. The van der Waals surface area contributed by atoms with E-state index in [2.05, 4.69) is 36.6 Å². The molecule has 1 rings (SSSR count). The van der Waals surface area contributed by atoms with Crippen molar-refractivity contribution in [3.8, 4) is 0 Å². The fourth-order valence-electron chi connectivity index (χ4n) is 1.74. The third kappa shape index (κ3) is 4.03. The average molecular weight is 429 g/mol. The summed E-state index contributed by atoms with van der Waals surface area (Å²) in [5, 5.41) is 9.25. The summed E-state index contributed by atoms with van der Waals surface area (Å²) < 4.78 is 28.0. The van der Waals surface area contributed by atoms with E-state index in [0.717, 1.165) is 0 Å². The molecule has 1 aromatic carbocycles. The van der Waals surface area contributed by atoms with Crippen LogP contribution in [0.3, 0.4) is 0 Å². The number of carbonyl (C=O) groups is 1. The van der Waals surface area contributed by atoms with E-state index in [9.17, 15) is 18.3 Å². The highest BCUT2D eigenvalue weighted by Gasteiger charge is 2.37. The second-order valence-corrected chi connectivity index (χ2v) is 7.99. The minimum absolute atomic E-state index is 0.00421. The molecule has 0 aliphatic carbocycles. The molecule has 0 radical (unpaired) electrons.